The van der Waals surface area contributed by atoms with Crippen molar-refractivity contribution in [1.82, 2.24) is 0 Å². The molecular weight excluding hydrogens is 462 g/mol. The van der Waals surface area contributed by atoms with E-state index in [9.17, 15) is 0 Å². The molecule has 1 aliphatic carbocycles. The van der Waals surface area contributed by atoms with Gasteiger partial charge in [0.05, 0.1) is 5.54 Å². The highest BCUT2D eigenvalue weighted by atomic mass is 16.5. The molecule has 1 atom stereocenters. The summed E-state index contributed by atoms with van der Waals surface area (Å²) in [5, 5.41) is 6.27. The lowest BCUT2D eigenvalue weighted by atomic mass is 9.73. The first-order valence-corrected chi connectivity index (χ1v) is 14.3. The normalized spacial score (nSPS) is 20.2. The molecule has 1 unspecified atom stereocenters. The van der Waals surface area contributed by atoms with E-state index in [0.717, 1.165) is 23.6 Å². The van der Waals surface area contributed by atoms with Crippen molar-refractivity contribution < 1.29 is 4.74 Å². The Kier molecular flexibility index (Phi) is 5.69. The first-order chi connectivity index (χ1) is 17.9. The molecule has 3 aromatic carbocycles. The highest BCUT2D eigenvalue weighted by Crippen LogP contribution is 2.45. The van der Waals surface area contributed by atoms with Gasteiger partial charge >= 0.3 is 0 Å². The van der Waals surface area contributed by atoms with E-state index in [2.05, 4.69) is 121 Å². The van der Waals surface area contributed by atoms with Crippen molar-refractivity contribution in [3.8, 4) is 11.5 Å². The van der Waals surface area contributed by atoms with Crippen LogP contribution in [-0.2, 0) is 0 Å². The van der Waals surface area contributed by atoms with Crippen molar-refractivity contribution in [2.24, 2.45) is 5.41 Å². The molecule has 0 radical (unpaired) electrons. The van der Waals surface area contributed by atoms with Gasteiger partial charge in [0.1, 0.15) is 11.5 Å². The third-order valence-electron chi connectivity index (χ3n) is 8.62. The second-order valence-corrected chi connectivity index (χ2v) is 13.2. The van der Waals surface area contributed by atoms with Gasteiger partial charge in [-0.1, -0.05) is 71.0 Å². The monoisotopic (exact) mass is 503 g/mol. The lowest BCUT2D eigenvalue weighted by Crippen LogP contribution is -2.32. The van der Waals surface area contributed by atoms with E-state index in [1.165, 1.54) is 55.8 Å². The molecule has 0 amide bonds. The molecule has 0 fully saturated rings. The summed E-state index contributed by atoms with van der Waals surface area (Å²) in [5.74, 6) is 2.92. The second-order valence-electron chi connectivity index (χ2n) is 13.2. The molecule has 1 N–H and O–H groups in total. The van der Waals surface area contributed by atoms with Crippen LogP contribution < -0.4 is 20.5 Å². The number of ether oxygens (including phenoxy) is 1. The van der Waals surface area contributed by atoms with Crippen LogP contribution in [0.3, 0.4) is 0 Å². The van der Waals surface area contributed by atoms with Crippen LogP contribution in [0.25, 0.3) is 17.2 Å². The fourth-order valence-corrected chi connectivity index (χ4v) is 6.88. The fourth-order valence-electron chi connectivity index (χ4n) is 6.88. The number of allylic oxidation sites excluding steroid dienone is 1. The number of rotatable bonds is 3. The van der Waals surface area contributed by atoms with Gasteiger partial charge < -0.3 is 10.1 Å². The molecule has 3 aromatic rings. The highest BCUT2D eigenvalue weighted by Gasteiger charge is 2.31. The molecule has 38 heavy (non-hydrogen) atoms. The van der Waals surface area contributed by atoms with Gasteiger partial charge in [-0.3, -0.25) is 0 Å². The summed E-state index contributed by atoms with van der Waals surface area (Å²) in [7, 11) is 0. The topological polar surface area (TPSA) is 21.3 Å². The van der Waals surface area contributed by atoms with Crippen molar-refractivity contribution in [3.63, 3.8) is 0 Å². The number of hydrogen-bond acceptors (Lipinski definition) is 2. The molecule has 6 rings (SSSR count). The van der Waals surface area contributed by atoms with Crippen molar-refractivity contribution >= 4 is 22.9 Å². The van der Waals surface area contributed by atoms with Crippen molar-refractivity contribution in [1.29, 1.82) is 0 Å². The van der Waals surface area contributed by atoms with Crippen LogP contribution in [0.4, 0.5) is 5.69 Å². The van der Waals surface area contributed by atoms with E-state index in [-0.39, 0.29) is 11.0 Å². The minimum absolute atomic E-state index is 0.0924. The van der Waals surface area contributed by atoms with Crippen LogP contribution in [0.15, 0.2) is 54.6 Å². The number of hydrogen-bond donors (Lipinski definition) is 1. The first kappa shape index (κ1) is 25.0. The molecule has 196 valence electrons. The maximum Gasteiger partial charge on any atom is 0.137 e. The van der Waals surface area contributed by atoms with Gasteiger partial charge in [0, 0.05) is 33.7 Å². The van der Waals surface area contributed by atoms with Crippen molar-refractivity contribution in [3.05, 3.63) is 92.9 Å². The Morgan fingerprint density at radius 1 is 0.947 bits per heavy atom. The van der Waals surface area contributed by atoms with Gasteiger partial charge in [-0.05, 0) is 96.5 Å². The largest absolute Gasteiger partial charge is 0.456 e. The van der Waals surface area contributed by atoms with E-state index >= 15 is 0 Å². The zero-order chi connectivity index (χ0) is 27.0. The third-order valence-corrected chi connectivity index (χ3v) is 8.62. The fraction of sp³-hybridized carbons (Fsp3) is 0.389. The average molecular weight is 504 g/mol. The SMILES string of the molecule is CCC1CC(C)(C)C=c2cc3c(cc21)=C(c1cccc(C(C)C)c1)c1cc2c(cc1O3)NC(C)(C)C=C2C. The van der Waals surface area contributed by atoms with E-state index in [1.54, 1.807) is 0 Å². The first-order valence-electron chi connectivity index (χ1n) is 14.3. The summed E-state index contributed by atoms with van der Waals surface area (Å²) in [5.41, 5.74) is 10.4. The smallest absolute Gasteiger partial charge is 0.137 e. The van der Waals surface area contributed by atoms with Crippen LogP contribution in [0, 0.1) is 5.41 Å². The Hall–Kier alpha value is -3.26. The molecule has 0 saturated heterocycles. The Labute approximate surface area is 228 Å². The van der Waals surface area contributed by atoms with E-state index < -0.39 is 0 Å². The Balaban J connectivity index is 1.69. The van der Waals surface area contributed by atoms with Crippen LogP contribution in [-0.4, -0.2) is 5.54 Å². The number of benzene rings is 3. The molecule has 2 heterocycles. The molecular formula is C36H41NO. The van der Waals surface area contributed by atoms with Crippen LogP contribution in [0.2, 0.25) is 0 Å². The van der Waals surface area contributed by atoms with Crippen LogP contribution in [0.1, 0.15) is 108 Å². The zero-order valence-electron chi connectivity index (χ0n) is 24.3. The molecule has 0 spiro atoms. The molecule has 2 nitrogen and oxygen atoms in total. The van der Waals surface area contributed by atoms with Crippen molar-refractivity contribution in [2.75, 3.05) is 5.32 Å². The lowest BCUT2D eigenvalue weighted by Gasteiger charge is -2.34. The number of nitrogens with one attached hydrogen (secondary N) is 1. The van der Waals surface area contributed by atoms with Gasteiger partial charge in [-0.2, -0.15) is 0 Å². The zero-order valence-corrected chi connectivity index (χ0v) is 24.3. The second kappa shape index (κ2) is 8.63. The minimum Gasteiger partial charge on any atom is -0.456 e. The molecule has 2 aliphatic heterocycles. The molecule has 0 aromatic heterocycles. The predicted molar refractivity (Wildman–Crippen MR) is 162 cm³/mol. The van der Waals surface area contributed by atoms with E-state index in [1.807, 2.05) is 0 Å². The maximum atomic E-state index is 6.78. The minimum atomic E-state index is -0.0924. The summed E-state index contributed by atoms with van der Waals surface area (Å²) < 4.78 is 6.78. The summed E-state index contributed by atoms with van der Waals surface area (Å²) >= 11 is 0. The predicted octanol–water partition coefficient (Wildman–Crippen LogP) is 8.47. The Morgan fingerprint density at radius 2 is 1.74 bits per heavy atom. The van der Waals surface area contributed by atoms with Gasteiger partial charge in [-0.15, -0.1) is 0 Å². The van der Waals surface area contributed by atoms with Gasteiger partial charge in [-0.25, -0.2) is 0 Å². The third kappa shape index (κ3) is 4.19. The van der Waals surface area contributed by atoms with Crippen molar-refractivity contribution in [2.45, 2.75) is 85.6 Å². The summed E-state index contributed by atoms with van der Waals surface area (Å²) in [6.07, 6.45) is 7.12. The summed E-state index contributed by atoms with van der Waals surface area (Å²) in [6, 6.07) is 18.5. The highest BCUT2D eigenvalue weighted by molar-refractivity contribution is 5.91. The Bertz CT molecular complexity index is 1620. The standard InChI is InChI=1S/C36H41NO/c1-9-23-19-35(5,6)20-26-14-32-30(16-28(23)26)34(25-12-10-11-24(13-25)21(2)3)29-15-27-22(4)18-36(7,8)37-31(27)17-33(29)38-32/h10-18,20-21,23,37H,9,19H2,1-8H3. The maximum absolute atomic E-state index is 6.78. The van der Waals surface area contributed by atoms with Gasteiger partial charge in [0.15, 0.2) is 0 Å². The van der Waals surface area contributed by atoms with Crippen LogP contribution >= 0.6 is 0 Å². The number of anilines is 1. The van der Waals surface area contributed by atoms with Gasteiger partial charge in [0.2, 0.25) is 0 Å². The van der Waals surface area contributed by atoms with E-state index in [4.69, 9.17) is 4.74 Å². The molecule has 2 heteroatoms. The van der Waals surface area contributed by atoms with Gasteiger partial charge in [0.25, 0.3) is 0 Å². The lowest BCUT2D eigenvalue weighted by molar-refractivity contribution is 0.393. The summed E-state index contributed by atoms with van der Waals surface area (Å²) in [4.78, 5) is 0. The molecule has 0 saturated carbocycles. The molecule has 0 bridgehead atoms. The average Bonchev–Trinajstić information content (AvgIpc) is 2.83. The van der Waals surface area contributed by atoms with Crippen LogP contribution in [0.5, 0.6) is 11.5 Å². The quantitative estimate of drug-likeness (QED) is 0.303. The Morgan fingerprint density at radius 3 is 2.47 bits per heavy atom. The number of fused-ring (bicyclic) bond motifs is 4. The van der Waals surface area contributed by atoms with E-state index in [0.29, 0.717) is 11.8 Å². The molecule has 3 aliphatic rings. The summed E-state index contributed by atoms with van der Waals surface area (Å²) in [6.45, 7) is 18.3.